The molecular formula is C9H20N2O4S2. The second kappa shape index (κ2) is 5.21. The number of nitrogens with two attached hydrogens (primary N) is 1. The number of hydrogen-bond donors (Lipinski definition) is 1. The fourth-order valence-electron chi connectivity index (χ4n) is 1.73. The van der Waals surface area contributed by atoms with Crippen LogP contribution in [-0.2, 0) is 19.9 Å². The number of sulfone groups is 1. The molecule has 0 spiro atoms. The van der Waals surface area contributed by atoms with Gasteiger partial charge in [0.25, 0.3) is 0 Å². The summed E-state index contributed by atoms with van der Waals surface area (Å²) < 4.78 is 47.0. The van der Waals surface area contributed by atoms with Gasteiger partial charge < -0.3 is 5.73 Å². The average Bonchev–Trinajstić information content (AvgIpc) is 2.99. The van der Waals surface area contributed by atoms with E-state index in [1.165, 1.54) is 11.4 Å². The highest BCUT2D eigenvalue weighted by Crippen LogP contribution is 2.35. The molecule has 0 bridgehead atoms. The fraction of sp³-hybridized carbons (Fsp3) is 1.00. The van der Waals surface area contributed by atoms with E-state index >= 15 is 0 Å². The van der Waals surface area contributed by atoms with Gasteiger partial charge in [-0.2, -0.15) is 0 Å². The summed E-state index contributed by atoms with van der Waals surface area (Å²) >= 11 is 0. The molecule has 1 unspecified atom stereocenters. The van der Waals surface area contributed by atoms with Crippen molar-refractivity contribution >= 4 is 19.9 Å². The third-order valence-electron chi connectivity index (χ3n) is 3.03. The van der Waals surface area contributed by atoms with Crippen LogP contribution in [-0.4, -0.2) is 58.5 Å². The van der Waals surface area contributed by atoms with Crippen LogP contribution in [0.25, 0.3) is 0 Å². The zero-order valence-corrected chi connectivity index (χ0v) is 11.8. The summed E-state index contributed by atoms with van der Waals surface area (Å²) in [4.78, 5) is 0. The zero-order chi connectivity index (χ0) is 13.3. The first kappa shape index (κ1) is 14.9. The van der Waals surface area contributed by atoms with E-state index in [1.807, 2.05) is 0 Å². The third-order valence-corrected chi connectivity index (χ3v) is 6.10. The van der Waals surface area contributed by atoms with Gasteiger partial charge in [0.2, 0.25) is 10.0 Å². The van der Waals surface area contributed by atoms with Gasteiger partial charge in [-0.1, -0.05) is 0 Å². The lowest BCUT2D eigenvalue weighted by Gasteiger charge is -2.26. The molecule has 0 radical (unpaired) electrons. The van der Waals surface area contributed by atoms with Crippen LogP contribution in [0.1, 0.15) is 12.8 Å². The maximum Gasteiger partial charge on any atom is 0.215 e. The minimum Gasteiger partial charge on any atom is -0.329 e. The second-order valence-corrected chi connectivity index (χ2v) is 9.01. The third kappa shape index (κ3) is 4.53. The molecule has 0 saturated heterocycles. The highest BCUT2D eigenvalue weighted by molar-refractivity contribution is 7.93. The lowest BCUT2D eigenvalue weighted by molar-refractivity contribution is 0.341. The summed E-state index contributed by atoms with van der Waals surface area (Å²) in [5.41, 5.74) is 5.57. The lowest BCUT2D eigenvalue weighted by Crippen LogP contribution is -2.44. The SMILES string of the molecule is CN(C(CN)C1CC1)S(=O)(=O)CCS(C)(=O)=O. The number of rotatable bonds is 7. The number of likely N-dealkylation sites (N-methyl/N-ethyl adjacent to an activating group) is 1. The van der Waals surface area contributed by atoms with E-state index in [9.17, 15) is 16.8 Å². The van der Waals surface area contributed by atoms with Crippen molar-refractivity contribution in [2.24, 2.45) is 11.7 Å². The van der Waals surface area contributed by atoms with Gasteiger partial charge in [-0.05, 0) is 18.8 Å². The Morgan fingerprint density at radius 1 is 1.24 bits per heavy atom. The van der Waals surface area contributed by atoms with E-state index in [2.05, 4.69) is 0 Å². The van der Waals surface area contributed by atoms with Crippen molar-refractivity contribution in [1.29, 1.82) is 0 Å². The molecule has 1 fully saturated rings. The molecule has 6 nitrogen and oxygen atoms in total. The molecule has 1 rings (SSSR count). The van der Waals surface area contributed by atoms with E-state index < -0.39 is 19.9 Å². The predicted molar refractivity (Wildman–Crippen MR) is 66.8 cm³/mol. The maximum atomic E-state index is 11.9. The first-order chi connectivity index (χ1) is 7.67. The predicted octanol–water partition coefficient (Wildman–Crippen LogP) is -0.970. The zero-order valence-electron chi connectivity index (χ0n) is 10.2. The Hall–Kier alpha value is -0.180. The lowest BCUT2D eigenvalue weighted by atomic mass is 10.2. The van der Waals surface area contributed by atoms with Crippen molar-refractivity contribution in [3.05, 3.63) is 0 Å². The first-order valence-corrected chi connectivity index (χ1v) is 9.18. The van der Waals surface area contributed by atoms with Crippen LogP contribution < -0.4 is 5.73 Å². The van der Waals surface area contributed by atoms with Crippen LogP contribution in [0.5, 0.6) is 0 Å². The fourth-order valence-corrected chi connectivity index (χ4v) is 4.74. The highest BCUT2D eigenvalue weighted by atomic mass is 32.2. The Labute approximate surface area is 103 Å². The molecule has 8 heteroatoms. The normalized spacial score (nSPS) is 19.5. The highest BCUT2D eigenvalue weighted by Gasteiger charge is 2.37. The van der Waals surface area contributed by atoms with Crippen molar-refractivity contribution in [3.63, 3.8) is 0 Å². The summed E-state index contributed by atoms with van der Waals surface area (Å²) in [7, 11) is -5.32. The van der Waals surface area contributed by atoms with Crippen LogP contribution in [0.3, 0.4) is 0 Å². The quantitative estimate of drug-likeness (QED) is 0.648. The Morgan fingerprint density at radius 2 is 1.76 bits per heavy atom. The monoisotopic (exact) mass is 284 g/mol. The summed E-state index contributed by atoms with van der Waals surface area (Å²) in [6.45, 7) is 0.277. The second-order valence-electron chi connectivity index (χ2n) is 4.60. The molecule has 1 saturated carbocycles. The Balaban J connectivity index is 2.68. The Morgan fingerprint density at radius 3 is 2.12 bits per heavy atom. The van der Waals surface area contributed by atoms with Crippen LogP contribution in [0.15, 0.2) is 0 Å². The van der Waals surface area contributed by atoms with Crippen molar-refractivity contribution in [3.8, 4) is 0 Å². The summed E-state index contributed by atoms with van der Waals surface area (Å²) in [6, 6.07) is -0.195. The Kier molecular flexibility index (Phi) is 4.56. The smallest absolute Gasteiger partial charge is 0.215 e. The molecule has 0 aliphatic heterocycles. The minimum absolute atomic E-state index is 0.195. The van der Waals surface area contributed by atoms with Crippen molar-refractivity contribution in [1.82, 2.24) is 4.31 Å². The van der Waals surface area contributed by atoms with Gasteiger partial charge in [0.1, 0.15) is 9.84 Å². The molecule has 0 aromatic heterocycles. The van der Waals surface area contributed by atoms with Crippen LogP contribution >= 0.6 is 0 Å². The van der Waals surface area contributed by atoms with E-state index in [1.54, 1.807) is 0 Å². The van der Waals surface area contributed by atoms with Crippen LogP contribution in [0.4, 0.5) is 0 Å². The van der Waals surface area contributed by atoms with Gasteiger partial charge in [0, 0.05) is 25.9 Å². The summed E-state index contributed by atoms with van der Waals surface area (Å²) in [5, 5.41) is 0. The largest absolute Gasteiger partial charge is 0.329 e. The summed E-state index contributed by atoms with van der Waals surface area (Å²) in [5.74, 6) is -0.384. The maximum absolute atomic E-state index is 11.9. The molecule has 0 heterocycles. The molecule has 0 amide bonds. The first-order valence-electron chi connectivity index (χ1n) is 5.51. The number of sulfonamides is 1. The molecule has 0 aromatic rings. The minimum atomic E-state index is -3.54. The van der Waals surface area contributed by atoms with Crippen LogP contribution in [0.2, 0.25) is 0 Å². The van der Waals surface area contributed by atoms with Gasteiger partial charge in [0.15, 0.2) is 0 Å². The molecule has 2 N–H and O–H groups in total. The molecular weight excluding hydrogens is 264 g/mol. The van der Waals surface area contributed by atoms with Gasteiger partial charge in [-0.3, -0.25) is 0 Å². The van der Waals surface area contributed by atoms with Gasteiger partial charge in [-0.15, -0.1) is 0 Å². The van der Waals surface area contributed by atoms with E-state index in [0.717, 1.165) is 19.1 Å². The molecule has 1 aliphatic rings. The van der Waals surface area contributed by atoms with E-state index in [4.69, 9.17) is 5.73 Å². The average molecular weight is 284 g/mol. The molecule has 17 heavy (non-hydrogen) atoms. The van der Waals surface area contributed by atoms with Gasteiger partial charge in [0.05, 0.1) is 11.5 Å². The topological polar surface area (TPSA) is 97.5 Å². The van der Waals surface area contributed by atoms with Crippen molar-refractivity contribution in [2.45, 2.75) is 18.9 Å². The molecule has 1 atom stereocenters. The molecule has 102 valence electrons. The van der Waals surface area contributed by atoms with Crippen LogP contribution in [0, 0.1) is 5.92 Å². The molecule has 0 aromatic carbocycles. The van der Waals surface area contributed by atoms with Gasteiger partial charge >= 0.3 is 0 Å². The van der Waals surface area contributed by atoms with Crippen molar-refractivity contribution < 1.29 is 16.8 Å². The van der Waals surface area contributed by atoms with Crippen molar-refractivity contribution in [2.75, 3.05) is 31.4 Å². The Bertz CT molecular complexity index is 453. The van der Waals surface area contributed by atoms with E-state index in [-0.39, 0.29) is 24.1 Å². The summed E-state index contributed by atoms with van der Waals surface area (Å²) in [6.07, 6.45) is 3.02. The number of hydrogen-bond acceptors (Lipinski definition) is 5. The standard InChI is InChI=1S/C9H20N2O4S2/c1-11(9(7-10)8-3-4-8)17(14,15)6-5-16(2,12)13/h8-9H,3-7,10H2,1-2H3. The van der Waals surface area contributed by atoms with Gasteiger partial charge in [-0.25, -0.2) is 21.1 Å². The van der Waals surface area contributed by atoms with E-state index in [0.29, 0.717) is 5.92 Å². The molecule has 1 aliphatic carbocycles. The number of nitrogens with zero attached hydrogens (tertiary/aromatic N) is 1.